The minimum absolute atomic E-state index is 0.0548. The Balaban J connectivity index is 2.36. The number of benzene rings is 1. The normalized spacial score (nSPS) is 13.4. The molecule has 398 valence electrons. The second kappa shape index (κ2) is 39.8. The maximum atomic E-state index is 13.5. The van der Waals surface area contributed by atoms with Crippen LogP contribution in [0.15, 0.2) is 24.3 Å². The molecule has 0 saturated carbocycles. The number of aliphatic hydroxyl groups is 1. The van der Waals surface area contributed by atoms with Crippen LogP contribution in [-0.2, 0) is 37.0 Å². The van der Waals surface area contributed by atoms with Gasteiger partial charge in [-0.25, -0.2) is 0 Å². The third kappa shape index (κ3) is 33.0. The zero-order valence-corrected chi connectivity index (χ0v) is 46.9. The molecule has 0 aromatic heterocycles. The Kier molecular flexibility index (Phi) is 37.6. The number of ketones is 1. The topological polar surface area (TPSA) is 82.1 Å². The molecule has 2 unspecified atom stereocenters. The van der Waals surface area contributed by atoms with Crippen molar-refractivity contribution in [3.05, 3.63) is 35.4 Å². The van der Waals surface area contributed by atoms with Gasteiger partial charge in [0, 0.05) is 19.4 Å². The molecule has 0 aliphatic heterocycles. The Bertz CT molecular complexity index is 1330. The summed E-state index contributed by atoms with van der Waals surface area (Å²) in [7, 11) is 0. The van der Waals surface area contributed by atoms with E-state index >= 15 is 0 Å². The van der Waals surface area contributed by atoms with E-state index in [1.807, 2.05) is 38.1 Å². The minimum atomic E-state index is -0.876. The minimum Gasteiger partial charge on any atom is -0.461 e. The summed E-state index contributed by atoms with van der Waals surface area (Å²) in [5.41, 5.74) is 1.26. The van der Waals surface area contributed by atoms with Crippen molar-refractivity contribution in [2.75, 3.05) is 13.2 Å². The molecule has 0 saturated heterocycles. The van der Waals surface area contributed by atoms with Gasteiger partial charge in [0.05, 0.1) is 19.3 Å². The van der Waals surface area contributed by atoms with Gasteiger partial charge in [0.1, 0.15) is 12.2 Å². The lowest BCUT2D eigenvalue weighted by molar-refractivity contribution is -0.145. The molecule has 0 aliphatic carbocycles. The van der Waals surface area contributed by atoms with E-state index in [0.29, 0.717) is 25.4 Å². The van der Waals surface area contributed by atoms with Crippen LogP contribution < -0.4 is 0 Å². The van der Waals surface area contributed by atoms with Crippen LogP contribution in [0.2, 0.25) is 0 Å². The number of esters is 1. The standard InChI is InChI=1S/C62H114O6/c1-11-13-15-17-19-21-23-25-27-29-31-33-35-47-60(5,6)56(49-63)39-38-42-59(65)67-50-54-43-45-55(46-44-54)51-68-62(9,10)58(64)41-37-40-57(52-66-53(3)4)61(7,8)48-36-34-32-30-28-26-24-22-20-18-16-14-12-2/h43-46,53,56-57,63H,11-42,47-52H2,1-10H3. The van der Waals surface area contributed by atoms with E-state index < -0.39 is 5.60 Å². The summed E-state index contributed by atoms with van der Waals surface area (Å²) in [5, 5.41) is 10.2. The van der Waals surface area contributed by atoms with Gasteiger partial charge in [0.25, 0.3) is 0 Å². The number of carbonyl (C=O) groups is 2. The fraction of sp³-hybridized carbons (Fsp3) is 0.871. The highest BCUT2D eigenvalue weighted by atomic mass is 16.5. The first kappa shape index (κ1) is 64.3. The molecule has 6 heteroatoms. The molecule has 1 N–H and O–H groups in total. The van der Waals surface area contributed by atoms with Crippen LogP contribution in [0.25, 0.3) is 0 Å². The SMILES string of the molecule is CCCCCCCCCCCCCCCC(C)(C)C(CO)CCCC(=O)OCc1ccc(COC(C)(C)C(=O)CCCC(COC(C)C)C(C)(C)CCCCCCCCCCCCCCC)cc1. The van der Waals surface area contributed by atoms with Crippen LogP contribution in [0.4, 0.5) is 0 Å². The van der Waals surface area contributed by atoms with Crippen molar-refractivity contribution < 1.29 is 28.9 Å². The summed E-state index contributed by atoms with van der Waals surface area (Å²) in [6, 6.07) is 7.93. The van der Waals surface area contributed by atoms with Crippen LogP contribution in [0.1, 0.15) is 299 Å². The maximum absolute atomic E-state index is 13.5. The van der Waals surface area contributed by atoms with Crippen molar-refractivity contribution in [2.45, 2.75) is 312 Å². The zero-order chi connectivity index (χ0) is 50.4. The van der Waals surface area contributed by atoms with E-state index in [9.17, 15) is 14.7 Å². The molecular formula is C62H114O6. The fourth-order valence-corrected chi connectivity index (χ4v) is 9.96. The fourth-order valence-electron chi connectivity index (χ4n) is 9.96. The Morgan fingerprint density at radius 1 is 0.500 bits per heavy atom. The molecule has 0 spiro atoms. The smallest absolute Gasteiger partial charge is 0.306 e. The van der Waals surface area contributed by atoms with Gasteiger partial charge < -0.3 is 19.3 Å². The third-order valence-corrected chi connectivity index (χ3v) is 15.5. The van der Waals surface area contributed by atoms with Crippen molar-refractivity contribution in [1.82, 2.24) is 0 Å². The quantitative estimate of drug-likeness (QED) is 0.0518. The first-order valence-electron chi connectivity index (χ1n) is 29.2. The summed E-state index contributed by atoms with van der Waals surface area (Å²) in [6.45, 7) is 23.4. The Morgan fingerprint density at radius 3 is 1.28 bits per heavy atom. The summed E-state index contributed by atoms with van der Waals surface area (Å²) in [5.74, 6) is 0.547. The number of ether oxygens (including phenoxy) is 3. The highest BCUT2D eigenvalue weighted by Crippen LogP contribution is 2.38. The van der Waals surface area contributed by atoms with Crippen LogP contribution in [0.5, 0.6) is 0 Å². The van der Waals surface area contributed by atoms with Crippen molar-refractivity contribution in [2.24, 2.45) is 22.7 Å². The molecule has 1 aromatic rings. The molecule has 0 amide bonds. The lowest BCUT2D eigenvalue weighted by atomic mass is 9.73. The molecule has 0 bridgehead atoms. The molecule has 0 fully saturated rings. The van der Waals surface area contributed by atoms with Crippen molar-refractivity contribution in [3.8, 4) is 0 Å². The molecule has 0 radical (unpaired) electrons. The summed E-state index contributed by atoms with van der Waals surface area (Å²) < 4.78 is 18.1. The predicted octanol–water partition coefficient (Wildman–Crippen LogP) is 18.6. The van der Waals surface area contributed by atoms with E-state index in [-0.39, 0.29) is 47.8 Å². The average Bonchev–Trinajstić information content (AvgIpc) is 3.30. The summed E-state index contributed by atoms with van der Waals surface area (Å²) in [4.78, 5) is 26.2. The van der Waals surface area contributed by atoms with Crippen LogP contribution in [0.3, 0.4) is 0 Å². The van der Waals surface area contributed by atoms with Crippen molar-refractivity contribution in [3.63, 3.8) is 0 Å². The maximum Gasteiger partial charge on any atom is 0.306 e. The molecular weight excluding hydrogens is 841 g/mol. The number of hydrogen-bond donors (Lipinski definition) is 1. The highest BCUT2D eigenvalue weighted by Gasteiger charge is 2.32. The lowest BCUT2D eigenvalue weighted by Gasteiger charge is -2.35. The number of Topliss-reactive ketones (excluding diaryl/α,β-unsaturated/α-hetero) is 1. The van der Waals surface area contributed by atoms with Gasteiger partial charge in [-0.1, -0.05) is 233 Å². The third-order valence-electron chi connectivity index (χ3n) is 15.5. The average molecular weight is 956 g/mol. The molecule has 2 atom stereocenters. The van der Waals surface area contributed by atoms with Gasteiger partial charge in [-0.15, -0.1) is 0 Å². The van der Waals surface area contributed by atoms with Crippen LogP contribution >= 0.6 is 0 Å². The zero-order valence-electron chi connectivity index (χ0n) is 46.9. The van der Waals surface area contributed by atoms with Gasteiger partial charge in [-0.05, 0) is 100 Å². The lowest BCUT2D eigenvalue weighted by Crippen LogP contribution is -2.35. The largest absolute Gasteiger partial charge is 0.461 e. The Morgan fingerprint density at radius 2 is 0.868 bits per heavy atom. The summed E-state index contributed by atoms with van der Waals surface area (Å²) in [6.07, 6.45) is 42.3. The van der Waals surface area contributed by atoms with Gasteiger partial charge in [0.15, 0.2) is 5.78 Å². The molecule has 68 heavy (non-hydrogen) atoms. The van der Waals surface area contributed by atoms with Crippen LogP contribution in [0, 0.1) is 22.7 Å². The van der Waals surface area contributed by atoms with E-state index in [0.717, 1.165) is 49.8 Å². The van der Waals surface area contributed by atoms with E-state index in [1.54, 1.807) is 0 Å². The molecule has 0 aliphatic rings. The number of unbranched alkanes of at least 4 members (excludes halogenated alkanes) is 24. The van der Waals surface area contributed by atoms with Gasteiger partial charge in [-0.2, -0.15) is 0 Å². The Labute approximate surface area is 422 Å². The van der Waals surface area contributed by atoms with Gasteiger partial charge in [0.2, 0.25) is 0 Å². The molecule has 1 rings (SSSR count). The van der Waals surface area contributed by atoms with Crippen molar-refractivity contribution >= 4 is 11.8 Å². The summed E-state index contributed by atoms with van der Waals surface area (Å²) >= 11 is 0. The van der Waals surface area contributed by atoms with E-state index in [1.165, 1.54) is 173 Å². The van der Waals surface area contributed by atoms with Gasteiger partial charge in [-0.3, -0.25) is 9.59 Å². The molecule has 6 nitrogen and oxygen atoms in total. The number of carbonyl (C=O) groups excluding carboxylic acids is 2. The van der Waals surface area contributed by atoms with Gasteiger partial charge >= 0.3 is 5.97 Å². The van der Waals surface area contributed by atoms with E-state index in [4.69, 9.17) is 14.2 Å². The monoisotopic (exact) mass is 955 g/mol. The highest BCUT2D eigenvalue weighted by molar-refractivity contribution is 5.86. The second-order valence-electron chi connectivity index (χ2n) is 23.4. The Hall–Kier alpha value is -1.76. The first-order valence-corrected chi connectivity index (χ1v) is 29.2. The van der Waals surface area contributed by atoms with Crippen molar-refractivity contribution in [1.29, 1.82) is 0 Å². The first-order chi connectivity index (χ1) is 32.6. The number of aliphatic hydroxyl groups excluding tert-OH is 1. The van der Waals surface area contributed by atoms with E-state index in [2.05, 4.69) is 55.4 Å². The molecule has 0 heterocycles. The second-order valence-corrected chi connectivity index (χ2v) is 23.4. The van der Waals surface area contributed by atoms with Crippen LogP contribution in [-0.4, -0.2) is 41.8 Å². The number of rotatable bonds is 48. The molecule has 1 aromatic carbocycles. The number of hydrogen-bond acceptors (Lipinski definition) is 6. The predicted molar refractivity (Wildman–Crippen MR) is 291 cm³/mol.